The second-order valence-electron chi connectivity index (χ2n) is 4.06. The maximum Gasteiger partial charge on any atom is 0.229 e. The Kier molecular flexibility index (Phi) is 3.71. The standard InChI is InChI=1S/C13H13FN2O2S/c1-19(17,18)16-11-8-6-10(7-9-11)15-13-5-3-2-4-12(13)14/h2-9,15-16H,1H3. The molecule has 0 unspecified atom stereocenters. The van der Waals surface area contributed by atoms with Crippen molar-refractivity contribution in [3.63, 3.8) is 0 Å². The molecule has 0 aromatic heterocycles. The molecule has 0 fully saturated rings. The van der Waals surface area contributed by atoms with Crippen molar-refractivity contribution in [3.8, 4) is 0 Å². The smallest absolute Gasteiger partial charge is 0.229 e. The first-order valence-corrected chi connectivity index (χ1v) is 7.42. The summed E-state index contributed by atoms with van der Waals surface area (Å²) in [6.07, 6.45) is 1.08. The summed E-state index contributed by atoms with van der Waals surface area (Å²) in [6, 6.07) is 12.9. The lowest BCUT2D eigenvalue weighted by Gasteiger charge is -2.09. The minimum atomic E-state index is -3.29. The second-order valence-corrected chi connectivity index (χ2v) is 5.80. The van der Waals surface area contributed by atoms with Crippen LogP contribution >= 0.6 is 0 Å². The van der Waals surface area contributed by atoms with Crippen LogP contribution in [0.4, 0.5) is 21.5 Å². The van der Waals surface area contributed by atoms with Crippen molar-refractivity contribution in [1.29, 1.82) is 0 Å². The first-order chi connectivity index (χ1) is 8.94. The zero-order chi connectivity index (χ0) is 13.9. The number of hydrogen-bond acceptors (Lipinski definition) is 3. The topological polar surface area (TPSA) is 58.2 Å². The summed E-state index contributed by atoms with van der Waals surface area (Å²) in [7, 11) is -3.29. The SMILES string of the molecule is CS(=O)(=O)Nc1ccc(Nc2ccccc2F)cc1. The van der Waals surface area contributed by atoms with Gasteiger partial charge < -0.3 is 5.32 Å². The molecule has 0 bridgehead atoms. The van der Waals surface area contributed by atoms with Crippen molar-refractivity contribution < 1.29 is 12.8 Å². The van der Waals surface area contributed by atoms with Crippen LogP contribution in [0.1, 0.15) is 0 Å². The van der Waals surface area contributed by atoms with Gasteiger partial charge in [0.25, 0.3) is 0 Å². The average Bonchev–Trinajstić information content (AvgIpc) is 2.33. The summed E-state index contributed by atoms with van der Waals surface area (Å²) in [5, 5.41) is 2.91. The van der Waals surface area contributed by atoms with E-state index in [2.05, 4.69) is 10.0 Å². The molecule has 0 spiro atoms. The van der Waals surface area contributed by atoms with Gasteiger partial charge in [-0.15, -0.1) is 0 Å². The lowest BCUT2D eigenvalue weighted by molar-refractivity contribution is 0.607. The fourth-order valence-corrected chi connectivity index (χ4v) is 2.12. The predicted molar refractivity (Wildman–Crippen MR) is 74.6 cm³/mol. The molecule has 0 amide bonds. The number of benzene rings is 2. The molecule has 0 radical (unpaired) electrons. The molecule has 0 saturated carbocycles. The summed E-state index contributed by atoms with van der Waals surface area (Å²) in [5.74, 6) is -0.346. The largest absolute Gasteiger partial charge is 0.353 e. The van der Waals surface area contributed by atoms with Gasteiger partial charge in [-0.05, 0) is 36.4 Å². The summed E-state index contributed by atoms with van der Waals surface area (Å²) < 4.78 is 37.9. The van der Waals surface area contributed by atoms with Gasteiger partial charge in [-0.2, -0.15) is 0 Å². The highest BCUT2D eigenvalue weighted by molar-refractivity contribution is 7.92. The molecule has 2 aromatic carbocycles. The maximum absolute atomic E-state index is 13.4. The molecule has 2 aromatic rings. The van der Waals surface area contributed by atoms with E-state index in [1.807, 2.05) is 0 Å². The number of hydrogen-bond donors (Lipinski definition) is 2. The van der Waals surface area contributed by atoms with Gasteiger partial charge >= 0.3 is 0 Å². The van der Waals surface area contributed by atoms with Crippen molar-refractivity contribution in [1.82, 2.24) is 0 Å². The lowest BCUT2D eigenvalue weighted by Crippen LogP contribution is -2.09. The van der Waals surface area contributed by atoms with E-state index in [-0.39, 0.29) is 5.82 Å². The number of para-hydroxylation sites is 1. The highest BCUT2D eigenvalue weighted by atomic mass is 32.2. The molecule has 4 nitrogen and oxygen atoms in total. The number of halogens is 1. The Hall–Kier alpha value is -2.08. The van der Waals surface area contributed by atoms with E-state index < -0.39 is 10.0 Å². The maximum atomic E-state index is 13.4. The molecular weight excluding hydrogens is 267 g/mol. The molecular formula is C13H13FN2O2S. The van der Waals surface area contributed by atoms with Crippen LogP contribution in [0.15, 0.2) is 48.5 Å². The predicted octanol–water partition coefficient (Wildman–Crippen LogP) is 2.94. The fraction of sp³-hybridized carbons (Fsp3) is 0.0769. The van der Waals surface area contributed by atoms with E-state index >= 15 is 0 Å². The molecule has 6 heteroatoms. The van der Waals surface area contributed by atoms with E-state index in [0.29, 0.717) is 17.1 Å². The van der Waals surface area contributed by atoms with Gasteiger partial charge in [0.1, 0.15) is 5.82 Å². The normalized spacial score (nSPS) is 11.1. The first kappa shape index (κ1) is 13.4. The zero-order valence-electron chi connectivity index (χ0n) is 10.2. The van der Waals surface area contributed by atoms with Gasteiger partial charge in [0.15, 0.2) is 0 Å². The summed E-state index contributed by atoms with van der Waals surface area (Å²) >= 11 is 0. The van der Waals surface area contributed by atoms with Crippen LogP contribution in [0.25, 0.3) is 0 Å². The molecule has 2 N–H and O–H groups in total. The lowest BCUT2D eigenvalue weighted by atomic mass is 10.2. The van der Waals surface area contributed by atoms with Crippen LogP contribution in [-0.4, -0.2) is 14.7 Å². The number of rotatable bonds is 4. The van der Waals surface area contributed by atoms with Crippen LogP contribution in [0.2, 0.25) is 0 Å². The van der Waals surface area contributed by atoms with E-state index in [0.717, 1.165) is 6.26 Å². The number of sulfonamides is 1. The molecule has 0 aliphatic heterocycles. The van der Waals surface area contributed by atoms with E-state index in [4.69, 9.17) is 0 Å². The Morgan fingerprint density at radius 1 is 0.947 bits per heavy atom. The molecule has 19 heavy (non-hydrogen) atoms. The highest BCUT2D eigenvalue weighted by Gasteiger charge is 2.03. The van der Waals surface area contributed by atoms with Crippen LogP contribution < -0.4 is 10.0 Å². The van der Waals surface area contributed by atoms with Gasteiger partial charge in [-0.25, -0.2) is 12.8 Å². The second kappa shape index (κ2) is 5.27. The zero-order valence-corrected chi connectivity index (χ0v) is 11.0. The molecule has 0 aliphatic rings. The quantitative estimate of drug-likeness (QED) is 0.905. The Bertz CT molecular complexity index is 669. The third kappa shape index (κ3) is 3.96. The number of nitrogens with one attached hydrogen (secondary N) is 2. The highest BCUT2D eigenvalue weighted by Crippen LogP contribution is 2.21. The van der Waals surface area contributed by atoms with Crippen molar-refractivity contribution >= 4 is 27.1 Å². The first-order valence-electron chi connectivity index (χ1n) is 5.53. The Morgan fingerprint density at radius 3 is 2.11 bits per heavy atom. The van der Waals surface area contributed by atoms with E-state index in [9.17, 15) is 12.8 Å². The minimum absolute atomic E-state index is 0.346. The summed E-state index contributed by atoms with van der Waals surface area (Å²) in [5.41, 5.74) is 1.50. The molecule has 100 valence electrons. The Balaban J connectivity index is 2.13. The molecule has 0 atom stereocenters. The fourth-order valence-electron chi connectivity index (χ4n) is 1.55. The number of anilines is 3. The van der Waals surface area contributed by atoms with Crippen LogP contribution in [0, 0.1) is 5.82 Å². The molecule has 2 rings (SSSR count). The van der Waals surface area contributed by atoms with Crippen LogP contribution in [-0.2, 0) is 10.0 Å². The Labute approximate surface area is 111 Å². The van der Waals surface area contributed by atoms with Gasteiger partial charge in [-0.1, -0.05) is 12.1 Å². The van der Waals surface area contributed by atoms with Crippen molar-refractivity contribution in [2.24, 2.45) is 0 Å². The third-order valence-corrected chi connectivity index (χ3v) is 2.95. The van der Waals surface area contributed by atoms with Crippen LogP contribution in [0.3, 0.4) is 0 Å². The van der Waals surface area contributed by atoms with Crippen molar-refractivity contribution in [2.75, 3.05) is 16.3 Å². The van der Waals surface area contributed by atoms with Crippen molar-refractivity contribution in [2.45, 2.75) is 0 Å². The summed E-state index contributed by atoms with van der Waals surface area (Å²) in [4.78, 5) is 0. The summed E-state index contributed by atoms with van der Waals surface area (Å²) in [6.45, 7) is 0. The van der Waals surface area contributed by atoms with E-state index in [1.54, 1.807) is 42.5 Å². The van der Waals surface area contributed by atoms with Gasteiger partial charge in [0.05, 0.1) is 11.9 Å². The Morgan fingerprint density at radius 2 is 1.53 bits per heavy atom. The molecule has 0 heterocycles. The van der Waals surface area contributed by atoms with Crippen LogP contribution in [0.5, 0.6) is 0 Å². The van der Waals surface area contributed by atoms with Gasteiger partial charge in [0, 0.05) is 11.4 Å². The van der Waals surface area contributed by atoms with E-state index in [1.165, 1.54) is 6.07 Å². The third-order valence-electron chi connectivity index (χ3n) is 2.34. The van der Waals surface area contributed by atoms with Gasteiger partial charge in [0.2, 0.25) is 10.0 Å². The molecule has 0 aliphatic carbocycles. The van der Waals surface area contributed by atoms with Gasteiger partial charge in [-0.3, -0.25) is 4.72 Å². The van der Waals surface area contributed by atoms with Crippen molar-refractivity contribution in [3.05, 3.63) is 54.3 Å². The molecule has 0 saturated heterocycles. The monoisotopic (exact) mass is 280 g/mol. The average molecular weight is 280 g/mol. The minimum Gasteiger partial charge on any atom is -0.353 e.